The highest BCUT2D eigenvalue weighted by Gasteiger charge is 2.25. The Labute approximate surface area is 150 Å². The molecule has 1 saturated heterocycles. The van der Waals surface area contributed by atoms with Gasteiger partial charge in [0, 0.05) is 18.0 Å². The summed E-state index contributed by atoms with van der Waals surface area (Å²) in [5, 5.41) is 8.27. The van der Waals surface area contributed by atoms with E-state index in [0.29, 0.717) is 17.3 Å². The first-order valence-corrected chi connectivity index (χ1v) is 8.73. The topological polar surface area (TPSA) is 42.2 Å². The molecule has 1 aromatic heterocycles. The Morgan fingerprint density at radius 1 is 0.962 bits per heavy atom. The molecule has 0 amide bonds. The lowest BCUT2D eigenvalue weighted by molar-refractivity contribution is 0.193. The van der Waals surface area contributed by atoms with Crippen molar-refractivity contribution in [2.45, 2.75) is 25.3 Å². The van der Waals surface area contributed by atoms with Gasteiger partial charge in [-0.3, -0.25) is 4.90 Å². The zero-order valence-electron chi connectivity index (χ0n) is 14.2. The first-order valence-electron chi connectivity index (χ1n) is 8.73. The molecular formula is C20H19F2N3O. The molecule has 2 aromatic carbocycles. The number of benzene rings is 2. The normalized spacial score (nSPS) is 16.1. The zero-order valence-corrected chi connectivity index (χ0v) is 14.2. The third kappa shape index (κ3) is 3.80. The second kappa shape index (κ2) is 7.33. The molecule has 4 rings (SSSR count). The zero-order chi connectivity index (χ0) is 17.9. The molecule has 0 atom stereocenters. The first kappa shape index (κ1) is 16.8. The summed E-state index contributed by atoms with van der Waals surface area (Å²) in [6.07, 6.45) is 1.83. The standard InChI is InChI=1S/C20H19F2N3O/c21-17-6-4-15(5-7-17)19-23-24-20(26-19)16-8-10-25(11-9-16)13-14-2-1-3-18(22)12-14/h1-7,12,16H,8-11,13H2. The SMILES string of the molecule is Fc1ccc(-c2nnc(C3CCN(Cc4cccc(F)c4)CC3)o2)cc1. The van der Waals surface area contributed by atoms with Crippen molar-refractivity contribution in [2.75, 3.05) is 13.1 Å². The molecule has 0 N–H and O–H groups in total. The fourth-order valence-corrected chi connectivity index (χ4v) is 3.34. The van der Waals surface area contributed by atoms with Gasteiger partial charge < -0.3 is 4.42 Å². The second-order valence-corrected chi connectivity index (χ2v) is 6.63. The van der Waals surface area contributed by atoms with Gasteiger partial charge in [-0.1, -0.05) is 12.1 Å². The van der Waals surface area contributed by atoms with Crippen molar-refractivity contribution in [1.29, 1.82) is 0 Å². The number of rotatable bonds is 4. The molecule has 134 valence electrons. The van der Waals surface area contributed by atoms with Crippen molar-refractivity contribution in [3.05, 3.63) is 71.6 Å². The van der Waals surface area contributed by atoms with E-state index in [0.717, 1.165) is 38.0 Å². The summed E-state index contributed by atoms with van der Waals surface area (Å²) < 4.78 is 32.1. The Kier molecular flexibility index (Phi) is 4.75. The maximum atomic E-state index is 13.3. The smallest absolute Gasteiger partial charge is 0.247 e. The maximum absolute atomic E-state index is 13.3. The second-order valence-electron chi connectivity index (χ2n) is 6.63. The Balaban J connectivity index is 1.37. The van der Waals surface area contributed by atoms with E-state index < -0.39 is 0 Å². The number of likely N-dealkylation sites (tertiary alicyclic amines) is 1. The van der Waals surface area contributed by atoms with E-state index in [2.05, 4.69) is 15.1 Å². The van der Waals surface area contributed by atoms with Gasteiger partial charge in [0.05, 0.1) is 0 Å². The largest absolute Gasteiger partial charge is 0.420 e. The summed E-state index contributed by atoms with van der Waals surface area (Å²) in [4.78, 5) is 2.31. The minimum absolute atomic E-state index is 0.198. The molecule has 1 fully saturated rings. The van der Waals surface area contributed by atoms with E-state index in [-0.39, 0.29) is 17.6 Å². The van der Waals surface area contributed by atoms with Crippen LogP contribution in [0.2, 0.25) is 0 Å². The van der Waals surface area contributed by atoms with E-state index in [1.165, 1.54) is 18.2 Å². The van der Waals surface area contributed by atoms with Crippen LogP contribution in [0.4, 0.5) is 8.78 Å². The number of nitrogens with zero attached hydrogens (tertiary/aromatic N) is 3. The summed E-state index contributed by atoms with van der Waals surface area (Å²) in [5.74, 6) is 0.785. The van der Waals surface area contributed by atoms with Gasteiger partial charge in [0.15, 0.2) is 0 Å². The number of halogens is 2. The Morgan fingerprint density at radius 2 is 1.73 bits per heavy atom. The quantitative estimate of drug-likeness (QED) is 0.696. The molecule has 0 radical (unpaired) electrons. The molecule has 26 heavy (non-hydrogen) atoms. The Bertz CT molecular complexity index is 871. The Hall–Kier alpha value is -2.60. The van der Waals surface area contributed by atoms with Crippen LogP contribution >= 0.6 is 0 Å². The summed E-state index contributed by atoms with van der Waals surface area (Å²) in [7, 11) is 0. The monoisotopic (exact) mass is 355 g/mol. The van der Waals surface area contributed by atoms with E-state index in [1.54, 1.807) is 24.3 Å². The molecule has 1 aliphatic heterocycles. The number of piperidine rings is 1. The van der Waals surface area contributed by atoms with Crippen molar-refractivity contribution in [3.8, 4) is 11.5 Å². The molecule has 3 aromatic rings. The summed E-state index contributed by atoms with van der Waals surface area (Å²) in [6, 6.07) is 12.8. The molecule has 0 bridgehead atoms. The lowest BCUT2D eigenvalue weighted by Crippen LogP contribution is -2.32. The predicted octanol–water partition coefficient (Wildman–Crippen LogP) is 4.39. The minimum Gasteiger partial charge on any atom is -0.420 e. The molecule has 1 aliphatic rings. The van der Waals surface area contributed by atoms with Crippen LogP contribution in [-0.2, 0) is 6.54 Å². The summed E-state index contributed by atoms with van der Waals surface area (Å²) >= 11 is 0. The van der Waals surface area contributed by atoms with Crippen molar-refractivity contribution in [1.82, 2.24) is 15.1 Å². The van der Waals surface area contributed by atoms with E-state index in [9.17, 15) is 8.78 Å². The fraction of sp³-hybridized carbons (Fsp3) is 0.300. The van der Waals surface area contributed by atoms with Gasteiger partial charge in [0.1, 0.15) is 11.6 Å². The average Bonchev–Trinajstić information content (AvgIpc) is 3.13. The van der Waals surface area contributed by atoms with Crippen LogP contribution in [0.5, 0.6) is 0 Å². The highest BCUT2D eigenvalue weighted by molar-refractivity contribution is 5.52. The molecule has 0 spiro atoms. The molecule has 6 heteroatoms. The van der Waals surface area contributed by atoms with Crippen LogP contribution in [-0.4, -0.2) is 28.2 Å². The first-order chi connectivity index (χ1) is 12.7. The molecule has 2 heterocycles. The van der Waals surface area contributed by atoms with Gasteiger partial charge in [-0.15, -0.1) is 10.2 Å². The third-order valence-electron chi connectivity index (χ3n) is 4.76. The molecule has 0 aliphatic carbocycles. The van der Waals surface area contributed by atoms with Crippen LogP contribution < -0.4 is 0 Å². The number of hydrogen-bond donors (Lipinski definition) is 0. The van der Waals surface area contributed by atoms with Crippen molar-refractivity contribution >= 4 is 0 Å². The van der Waals surface area contributed by atoms with Gasteiger partial charge in [0.25, 0.3) is 0 Å². The molecule has 0 unspecified atom stereocenters. The van der Waals surface area contributed by atoms with Gasteiger partial charge in [-0.05, 0) is 67.9 Å². The summed E-state index contributed by atoms with van der Waals surface area (Å²) in [5.41, 5.74) is 1.70. The summed E-state index contributed by atoms with van der Waals surface area (Å²) in [6.45, 7) is 2.54. The van der Waals surface area contributed by atoms with Crippen LogP contribution in [0.25, 0.3) is 11.5 Å². The van der Waals surface area contributed by atoms with Crippen molar-refractivity contribution < 1.29 is 13.2 Å². The molecular weight excluding hydrogens is 336 g/mol. The van der Waals surface area contributed by atoms with Crippen LogP contribution in [0.1, 0.15) is 30.2 Å². The third-order valence-corrected chi connectivity index (χ3v) is 4.76. The van der Waals surface area contributed by atoms with E-state index in [4.69, 9.17) is 4.42 Å². The predicted molar refractivity (Wildman–Crippen MR) is 93.3 cm³/mol. The van der Waals surface area contributed by atoms with Gasteiger partial charge >= 0.3 is 0 Å². The van der Waals surface area contributed by atoms with Crippen LogP contribution in [0, 0.1) is 11.6 Å². The highest BCUT2D eigenvalue weighted by Crippen LogP contribution is 2.30. The van der Waals surface area contributed by atoms with Crippen LogP contribution in [0.15, 0.2) is 52.9 Å². The minimum atomic E-state index is -0.292. The van der Waals surface area contributed by atoms with Gasteiger partial charge in [0.2, 0.25) is 11.8 Å². The maximum Gasteiger partial charge on any atom is 0.247 e. The van der Waals surface area contributed by atoms with Gasteiger partial charge in [-0.25, -0.2) is 8.78 Å². The average molecular weight is 355 g/mol. The van der Waals surface area contributed by atoms with Crippen LogP contribution in [0.3, 0.4) is 0 Å². The van der Waals surface area contributed by atoms with E-state index >= 15 is 0 Å². The molecule has 4 nitrogen and oxygen atoms in total. The molecule has 0 saturated carbocycles. The Morgan fingerprint density at radius 3 is 2.46 bits per heavy atom. The number of aromatic nitrogens is 2. The number of hydrogen-bond acceptors (Lipinski definition) is 4. The highest BCUT2D eigenvalue weighted by atomic mass is 19.1. The van der Waals surface area contributed by atoms with Crippen molar-refractivity contribution in [3.63, 3.8) is 0 Å². The van der Waals surface area contributed by atoms with E-state index in [1.807, 2.05) is 6.07 Å². The lowest BCUT2D eigenvalue weighted by atomic mass is 9.96. The lowest BCUT2D eigenvalue weighted by Gasteiger charge is -2.30. The fourth-order valence-electron chi connectivity index (χ4n) is 3.34. The van der Waals surface area contributed by atoms with Crippen molar-refractivity contribution in [2.24, 2.45) is 0 Å². The van der Waals surface area contributed by atoms with Gasteiger partial charge in [-0.2, -0.15) is 0 Å².